The molecule has 0 radical (unpaired) electrons. The van der Waals surface area contributed by atoms with Crippen molar-refractivity contribution in [3.8, 4) is 5.75 Å². The van der Waals surface area contributed by atoms with Crippen LogP contribution in [-0.2, 0) is 4.79 Å². The molecule has 0 saturated heterocycles. The highest BCUT2D eigenvalue weighted by atomic mass is 32.1. The lowest BCUT2D eigenvalue weighted by Gasteiger charge is -2.22. The molecule has 0 aliphatic carbocycles. The summed E-state index contributed by atoms with van der Waals surface area (Å²) in [6, 6.07) is 6.61. The minimum absolute atomic E-state index is 0.109. The highest BCUT2D eigenvalue weighted by Crippen LogP contribution is 2.42. The summed E-state index contributed by atoms with van der Waals surface area (Å²) in [4.78, 5) is 23.6. The number of carbonyl (C=O) groups is 2. The number of aromatic carboxylic acids is 1. The van der Waals surface area contributed by atoms with Gasteiger partial charge in [0.25, 0.3) is 0 Å². The summed E-state index contributed by atoms with van der Waals surface area (Å²) < 4.78 is 3.89. The topological polar surface area (TPSA) is 99.5 Å². The van der Waals surface area contributed by atoms with Crippen molar-refractivity contribution in [1.29, 1.82) is 0 Å². The van der Waals surface area contributed by atoms with Crippen LogP contribution in [0.2, 0.25) is 0 Å². The molecular weight excluding hydrogens is 280 g/mol. The molecule has 102 valence electrons. The zero-order valence-corrected chi connectivity index (χ0v) is 11.0. The quantitative estimate of drug-likeness (QED) is 0.785. The van der Waals surface area contributed by atoms with Crippen molar-refractivity contribution in [2.75, 3.05) is 5.32 Å². The first-order valence-corrected chi connectivity index (χ1v) is 6.65. The van der Waals surface area contributed by atoms with Crippen LogP contribution in [-0.4, -0.2) is 26.5 Å². The average Bonchev–Trinajstić information content (AvgIpc) is 2.81. The van der Waals surface area contributed by atoms with Gasteiger partial charge in [0.2, 0.25) is 5.91 Å². The van der Waals surface area contributed by atoms with Crippen LogP contribution in [0.3, 0.4) is 0 Å². The van der Waals surface area contributed by atoms with E-state index in [-0.39, 0.29) is 35.4 Å². The van der Waals surface area contributed by atoms with Gasteiger partial charge in [0.1, 0.15) is 5.75 Å². The van der Waals surface area contributed by atoms with E-state index < -0.39 is 5.97 Å². The van der Waals surface area contributed by atoms with Gasteiger partial charge in [-0.15, -0.1) is 0 Å². The summed E-state index contributed by atoms with van der Waals surface area (Å²) in [6.07, 6.45) is 0.206. The van der Waals surface area contributed by atoms with Crippen LogP contribution < -0.4 is 5.32 Å². The molecule has 1 atom stereocenters. The van der Waals surface area contributed by atoms with E-state index in [9.17, 15) is 14.7 Å². The Bertz CT molecular complexity index is 710. The molecule has 1 aliphatic heterocycles. The number of aromatic nitrogens is 1. The van der Waals surface area contributed by atoms with Crippen molar-refractivity contribution < 1.29 is 19.8 Å². The Morgan fingerprint density at radius 2 is 2.25 bits per heavy atom. The predicted molar refractivity (Wildman–Crippen MR) is 72.3 cm³/mol. The first-order chi connectivity index (χ1) is 9.56. The molecule has 7 heteroatoms. The van der Waals surface area contributed by atoms with Crippen molar-refractivity contribution >= 4 is 29.1 Å². The molecule has 1 unspecified atom stereocenters. The van der Waals surface area contributed by atoms with Gasteiger partial charge in [-0.05, 0) is 29.2 Å². The molecule has 1 aromatic carbocycles. The molecule has 0 bridgehead atoms. The molecular formula is C13H10N2O4S. The number of rotatable bonds is 2. The summed E-state index contributed by atoms with van der Waals surface area (Å²) in [6.45, 7) is 0. The summed E-state index contributed by atoms with van der Waals surface area (Å²) in [7, 11) is 0. The zero-order valence-electron chi connectivity index (χ0n) is 10.2. The molecule has 2 aromatic rings. The average molecular weight is 290 g/mol. The van der Waals surface area contributed by atoms with Gasteiger partial charge in [-0.25, -0.2) is 4.79 Å². The normalized spacial score (nSPS) is 17.4. The van der Waals surface area contributed by atoms with Crippen LogP contribution in [0, 0.1) is 0 Å². The second-order valence-corrected chi connectivity index (χ2v) is 5.28. The van der Waals surface area contributed by atoms with Crippen molar-refractivity contribution in [1.82, 2.24) is 4.37 Å². The minimum Gasteiger partial charge on any atom is -0.508 e. The molecule has 1 amide bonds. The van der Waals surface area contributed by atoms with Gasteiger partial charge in [0.15, 0.2) is 5.69 Å². The summed E-state index contributed by atoms with van der Waals surface area (Å²) in [5.74, 6) is -1.60. The monoisotopic (exact) mass is 290 g/mol. The third-order valence-corrected chi connectivity index (χ3v) is 4.12. The number of carbonyl (C=O) groups excluding carboxylic acids is 1. The Morgan fingerprint density at radius 3 is 2.95 bits per heavy atom. The van der Waals surface area contributed by atoms with E-state index in [2.05, 4.69) is 9.69 Å². The molecule has 3 N–H and O–H groups in total. The Labute approximate surface area is 117 Å². The maximum atomic E-state index is 11.8. The Hall–Kier alpha value is -2.41. The number of hydrogen-bond donors (Lipinski definition) is 3. The molecule has 3 rings (SSSR count). The van der Waals surface area contributed by atoms with Gasteiger partial charge in [-0.3, -0.25) is 4.79 Å². The third kappa shape index (κ3) is 2.01. The van der Waals surface area contributed by atoms with Gasteiger partial charge in [-0.1, -0.05) is 12.1 Å². The van der Waals surface area contributed by atoms with Crippen LogP contribution in [0.4, 0.5) is 5.69 Å². The summed E-state index contributed by atoms with van der Waals surface area (Å²) in [5, 5.41) is 21.2. The second-order valence-electron chi connectivity index (χ2n) is 4.48. The lowest BCUT2D eigenvalue weighted by Crippen LogP contribution is -2.23. The number of benzene rings is 1. The van der Waals surface area contributed by atoms with Gasteiger partial charge in [-0.2, -0.15) is 4.37 Å². The van der Waals surface area contributed by atoms with E-state index in [1.807, 2.05) is 0 Å². The number of aromatic hydroxyl groups is 1. The zero-order chi connectivity index (χ0) is 14.3. The molecule has 6 nitrogen and oxygen atoms in total. The predicted octanol–water partition coefficient (Wildman–Crippen LogP) is 2.02. The van der Waals surface area contributed by atoms with Crippen LogP contribution in [0.5, 0.6) is 5.75 Å². The number of fused-ring (bicyclic) bond motifs is 1. The largest absolute Gasteiger partial charge is 0.508 e. The van der Waals surface area contributed by atoms with Crippen molar-refractivity contribution in [2.24, 2.45) is 0 Å². The number of anilines is 1. The molecule has 1 aromatic heterocycles. The van der Waals surface area contributed by atoms with E-state index in [0.717, 1.165) is 17.1 Å². The highest BCUT2D eigenvalue weighted by Gasteiger charge is 2.33. The first kappa shape index (κ1) is 12.6. The Balaban J connectivity index is 2.11. The Kier molecular flexibility index (Phi) is 2.90. The van der Waals surface area contributed by atoms with E-state index in [1.165, 1.54) is 0 Å². The number of carboxylic acids is 1. The number of amides is 1. The van der Waals surface area contributed by atoms with E-state index >= 15 is 0 Å². The fourth-order valence-corrected chi connectivity index (χ4v) is 3.23. The number of nitrogens with one attached hydrogen (secondary N) is 1. The van der Waals surface area contributed by atoms with E-state index in [0.29, 0.717) is 4.88 Å². The highest BCUT2D eigenvalue weighted by molar-refractivity contribution is 7.06. The first-order valence-electron chi connectivity index (χ1n) is 5.88. The van der Waals surface area contributed by atoms with E-state index in [1.54, 1.807) is 24.3 Å². The van der Waals surface area contributed by atoms with Crippen LogP contribution >= 0.6 is 11.5 Å². The lowest BCUT2D eigenvalue weighted by molar-refractivity contribution is -0.116. The number of nitrogens with zero attached hydrogens (tertiary/aromatic N) is 1. The van der Waals surface area contributed by atoms with Gasteiger partial charge >= 0.3 is 5.97 Å². The van der Waals surface area contributed by atoms with Crippen LogP contribution in [0.15, 0.2) is 24.3 Å². The molecule has 0 spiro atoms. The third-order valence-electron chi connectivity index (χ3n) is 3.16. The number of phenolic OH excluding ortho intramolecular Hbond substituents is 1. The van der Waals surface area contributed by atoms with Crippen molar-refractivity contribution in [3.05, 3.63) is 40.4 Å². The standard InChI is InChI=1S/C13H10N2O4S/c16-7-3-1-2-6(4-7)8-5-9(17)14-10-11(13(18)19)15-20-12(8)10/h1-4,8,16H,5H2,(H,14,17)(H,18,19). The minimum atomic E-state index is -1.17. The van der Waals surface area contributed by atoms with Crippen molar-refractivity contribution in [2.45, 2.75) is 12.3 Å². The number of carboxylic acid groups (broad SMARTS) is 1. The van der Waals surface area contributed by atoms with Crippen molar-refractivity contribution in [3.63, 3.8) is 0 Å². The SMILES string of the molecule is O=C1CC(c2cccc(O)c2)c2snc(C(=O)O)c2N1. The maximum absolute atomic E-state index is 11.8. The molecule has 20 heavy (non-hydrogen) atoms. The fraction of sp³-hybridized carbons (Fsp3) is 0.154. The molecule has 1 aliphatic rings. The smallest absolute Gasteiger partial charge is 0.357 e. The van der Waals surface area contributed by atoms with Gasteiger partial charge in [0, 0.05) is 12.3 Å². The fourth-order valence-electron chi connectivity index (χ4n) is 2.29. The molecule has 2 heterocycles. The number of phenols is 1. The molecule has 0 fully saturated rings. The van der Waals surface area contributed by atoms with Crippen LogP contribution in [0.25, 0.3) is 0 Å². The Morgan fingerprint density at radius 1 is 1.45 bits per heavy atom. The van der Waals surface area contributed by atoms with Crippen LogP contribution in [0.1, 0.15) is 33.3 Å². The summed E-state index contributed by atoms with van der Waals surface area (Å²) in [5.41, 5.74) is 0.900. The van der Waals surface area contributed by atoms with E-state index in [4.69, 9.17) is 5.11 Å². The lowest BCUT2D eigenvalue weighted by atomic mass is 9.90. The molecule has 0 saturated carbocycles. The summed E-state index contributed by atoms with van der Waals surface area (Å²) >= 11 is 1.06. The van der Waals surface area contributed by atoms with Gasteiger partial charge < -0.3 is 15.5 Å². The number of hydrogen-bond acceptors (Lipinski definition) is 5. The second kappa shape index (κ2) is 4.61. The van der Waals surface area contributed by atoms with Gasteiger partial charge in [0.05, 0.1) is 10.6 Å². The maximum Gasteiger partial charge on any atom is 0.357 e.